The van der Waals surface area contributed by atoms with Crippen LogP contribution < -0.4 is 16.9 Å². The van der Waals surface area contributed by atoms with Gasteiger partial charge in [-0.3, -0.25) is 20.8 Å². The minimum Gasteiger partial charge on any atom is -0.399 e. The Labute approximate surface area is 421 Å². The van der Waals surface area contributed by atoms with Crippen LogP contribution in [0.1, 0.15) is 50.5 Å². The number of rotatable bonds is 7. The van der Waals surface area contributed by atoms with Crippen LogP contribution in [-0.4, -0.2) is 84.8 Å². The minimum atomic E-state index is -0.416. The zero-order valence-corrected chi connectivity index (χ0v) is 40.5. The number of nitrogens with two attached hydrogens (primary N) is 2. The largest absolute Gasteiger partial charge is 0.496 e. The quantitative estimate of drug-likeness (QED) is 0.0399. The first-order chi connectivity index (χ1) is 34.0. The van der Waals surface area contributed by atoms with Crippen molar-refractivity contribution in [3.8, 4) is 57.2 Å². The molecule has 23 heteroatoms. The van der Waals surface area contributed by atoms with Crippen LogP contribution in [0, 0.1) is 40.1 Å². The minimum absolute atomic E-state index is 0.0744. The van der Waals surface area contributed by atoms with Gasteiger partial charge in [0.2, 0.25) is 5.28 Å². The third kappa shape index (κ3) is 13.9. The molecule has 0 aliphatic carbocycles. The van der Waals surface area contributed by atoms with Crippen LogP contribution in [0.3, 0.4) is 0 Å². The lowest BCUT2D eigenvalue weighted by atomic mass is 9.80. The lowest BCUT2D eigenvalue weighted by Crippen LogP contribution is -2.41. The van der Waals surface area contributed by atoms with Crippen LogP contribution in [0.2, 0.25) is 5.28 Å². The third-order valence-electron chi connectivity index (χ3n) is 10.3. The molecule has 0 atom stereocenters. The van der Waals surface area contributed by atoms with Crippen LogP contribution >= 0.6 is 27.5 Å². The maximum atomic E-state index is 8.73. The second-order valence-corrected chi connectivity index (χ2v) is 16.9. The normalized spacial score (nSPS) is 12.6. The summed E-state index contributed by atoms with van der Waals surface area (Å²) in [4.78, 5) is 48.1. The van der Waals surface area contributed by atoms with Gasteiger partial charge in [-0.15, -0.1) is 4.98 Å². The van der Waals surface area contributed by atoms with Crippen molar-refractivity contribution >= 4 is 57.6 Å². The van der Waals surface area contributed by atoms with Gasteiger partial charge in [-0.1, -0.05) is 24.8 Å². The average Bonchev–Trinajstić information content (AvgIpc) is 3.63. The Kier molecular flexibility index (Phi) is 17.0. The molecular formula is C48H39BBrClN18O2. The number of nitrogens with zero attached hydrogens (tertiary/aromatic N) is 14. The first kappa shape index (κ1) is 51.5. The number of halogens is 2. The fraction of sp³-hybridized carbons (Fsp3) is 0.125. The molecule has 0 aromatic carbocycles. The van der Waals surface area contributed by atoms with Crippen molar-refractivity contribution < 1.29 is 9.31 Å². The summed E-state index contributed by atoms with van der Waals surface area (Å²) in [6.45, 7) is 14.9. The molecule has 1 fully saturated rings. The van der Waals surface area contributed by atoms with E-state index in [9.17, 15) is 0 Å². The second kappa shape index (κ2) is 23.4. The van der Waals surface area contributed by atoms with E-state index in [1.807, 2.05) is 58.0 Å². The number of aromatic nitrogens is 11. The maximum absolute atomic E-state index is 8.73. The van der Waals surface area contributed by atoms with Crippen molar-refractivity contribution in [2.75, 3.05) is 0 Å². The van der Waals surface area contributed by atoms with E-state index in [2.05, 4.69) is 75.6 Å². The maximum Gasteiger partial charge on any atom is 0.496 e. The predicted octanol–water partition coefficient (Wildman–Crippen LogP) is 7.34. The topological polar surface area (TPSA) is 312 Å². The number of nitriles is 2. The van der Waals surface area contributed by atoms with Crippen molar-refractivity contribution in [1.29, 1.82) is 21.3 Å². The van der Waals surface area contributed by atoms with Crippen molar-refractivity contribution in [3.63, 3.8) is 0 Å². The summed E-state index contributed by atoms with van der Waals surface area (Å²) in [7, 11) is -0.416. The van der Waals surface area contributed by atoms with Crippen molar-refractivity contribution in [2.45, 2.75) is 38.9 Å². The molecule has 71 heavy (non-hydrogen) atoms. The number of amidine groups is 2. The first-order valence-electron chi connectivity index (χ1n) is 20.8. The molecule has 9 heterocycles. The van der Waals surface area contributed by atoms with Gasteiger partial charge in [-0.25, -0.2) is 39.9 Å². The first-order valence-corrected chi connectivity index (χ1v) is 22.0. The summed E-state index contributed by atoms with van der Waals surface area (Å²) < 4.78 is 12.6. The van der Waals surface area contributed by atoms with Crippen LogP contribution in [0.15, 0.2) is 133 Å². The molecule has 8 aromatic heterocycles. The highest BCUT2D eigenvalue weighted by molar-refractivity contribution is 9.10. The van der Waals surface area contributed by atoms with E-state index in [0.29, 0.717) is 40.2 Å². The summed E-state index contributed by atoms with van der Waals surface area (Å²) in [6, 6.07) is 21.2. The van der Waals surface area contributed by atoms with Crippen LogP contribution in [0.4, 0.5) is 5.82 Å². The number of nitrogen functional groups attached to an aromatic ring is 2. The van der Waals surface area contributed by atoms with Gasteiger partial charge in [-0.2, -0.15) is 10.5 Å². The van der Waals surface area contributed by atoms with Gasteiger partial charge >= 0.3 is 7.12 Å². The molecule has 1 aliphatic heterocycles. The smallest absolute Gasteiger partial charge is 0.399 e. The van der Waals surface area contributed by atoms with Gasteiger partial charge in [0.1, 0.15) is 52.8 Å². The predicted molar refractivity (Wildman–Crippen MR) is 269 cm³/mol. The Morgan fingerprint density at radius 2 is 0.972 bits per heavy atom. The molecular weight excluding hydrogens is 987 g/mol. The molecule has 0 amide bonds. The average molecular weight is 1030 g/mol. The number of hydrogen-bond acceptors (Lipinski definition) is 17. The van der Waals surface area contributed by atoms with Gasteiger partial charge in [0, 0.05) is 101 Å². The van der Waals surface area contributed by atoms with E-state index < -0.39 is 7.12 Å². The Balaban J connectivity index is 0.000000163. The van der Waals surface area contributed by atoms with E-state index in [-0.39, 0.29) is 28.2 Å². The lowest BCUT2D eigenvalue weighted by Gasteiger charge is -2.32. The summed E-state index contributed by atoms with van der Waals surface area (Å²) in [5, 5.41) is 32.4. The zero-order valence-electron chi connectivity index (χ0n) is 38.2. The van der Waals surface area contributed by atoms with Crippen molar-refractivity contribution in [2.24, 2.45) is 11.5 Å². The molecule has 6 N–H and O–H groups in total. The van der Waals surface area contributed by atoms with Crippen LogP contribution in [0.5, 0.6) is 0 Å². The van der Waals surface area contributed by atoms with Crippen molar-refractivity contribution in [1.82, 2.24) is 54.8 Å². The molecule has 1 aliphatic rings. The van der Waals surface area contributed by atoms with Gasteiger partial charge in [-0.05, 0) is 97.7 Å². The molecule has 350 valence electrons. The van der Waals surface area contributed by atoms with E-state index >= 15 is 0 Å². The molecule has 8 aromatic rings. The molecule has 1 saturated heterocycles. The third-order valence-corrected chi connectivity index (χ3v) is 10.9. The fourth-order valence-electron chi connectivity index (χ4n) is 5.76. The fourth-order valence-corrected chi connectivity index (χ4v) is 6.07. The van der Waals surface area contributed by atoms with Crippen molar-refractivity contribution in [3.05, 3.63) is 173 Å². The SMILES string of the molecule is CC1(C)OB(c2ccc(C#N)nc2)OC1(C)C.Clc1ncc(Br)cn1.N=C(N)c1ccc(-c2cnc(-c3ccc(C(=N)N)nc3)nc2)cn1.[C-]#[N+]c1ccc(-c2cnc(-c3ccc(C#N)nc3)nc2)cn1. The molecule has 0 unspecified atom stereocenters. The summed E-state index contributed by atoms with van der Waals surface area (Å²) in [6.07, 6.45) is 18.0. The highest BCUT2D eigenvalue weighted by Gasteiger charge is 2.51. The Hall–Kier alpha value is -8.85. The summed E-state index contributed by atoms with van der Waals surface area (Å²) in [5.74, 6) is 1.25. The summed E-state index contributed by atoms with van der Waals surface area (Å²) in [5.41, 5.74) is 17.2. The molecule has 0 bridgehead atoms. The Morgan fingerprint density at radius 1 is 0.563 bits per heavy atom. The van der Waals surface area contributed by atoms with Crippen LogP contribution in [-0.2, 0) is 9.31 Å². The van der Waals surface area contributed by atoms with E-state index in [4.69, 9.17) is 60.3 Å². The van der Waals surface area contributed by atoms with Gasteiger partial charge < -0.3 is 25.6 Å². The molecule has 0 radical (unpaired) electrons. The van der Waals surface area contributed by atoms with Gasteiger partial charge in [0.15, 0.2) is 11.6 Å². The van der Waals surface area contributed by atoms with Gasteiger partial charge in [0.05, 0.1) is 15.7 Å². The Bertz CT molecular complexity index is 3030. The van der Waals surface area contributed by atoms with Gasteiger partial charge in [0.25, 0.3) is 5.82 Å². The monoisotopic (exact) mass is 1020 g/mol. The standard InChI is InChI=1S/C16H14N8.C16H8N6.C12H15BN2O2.C4H2BrClN2/c17-14(18)12-3-1-9(5-21-12)11-7-23-16(24-8-11)10-2-4-13(15(19)20)22-6-10;1-18-15-5-3-11(7-20-15)13-9-21-16(22-10-13)12-2-4-14(6-17)19-8-12;1-11(2)12(3,4)17-13(16-11)9-5-6-10(7-14)15-8-9;5-3-1-7-4(6)8-2-3/h1-8H,(H3,17,18)(H3,19,20);2-5,7-10H;5-6,8H,1-4H3;1-2H. The lowest BCUT2D eigenvalue weighted by molar-refractivity contribution is 0.00578. The second-order valence-electron chi connectivity index (χ2n) is 15.7. The van der Waals surface area contributed by atoms with Crippen LogP contribution in [0.25, 0.3) is 49.9 Å². The number of hydrogen-bond donors (Lipinski definition) is 4. The molecule has 20 nitrogen and oxygen atoms in total. The molecule has 0 saturated carbocycles. The number of nitrogens with one attached hydrogen (secondary N) is 2. The number of pyridine rings is 5. The van der Waals surface area contributed by atoms with E-state index in [1.165, 1.54) is 0 Å². The Morgan fingerprint density at radius 3 is 1.32 bits per heavy atom. The van der Waals surface area contributed by atoms with E-state index in [1.54, 1.807) is 111 Å². The zero-order chi connectivity index (χ0) is 51.1. The summed E-state index contributed by atoms with van der Waals surface area (Å²) >= 11 is 8.53. The van der Waals surface area contributed by atoms with E-state index in [0.717, 1.165) is 43.3 Å². The molecule has 9 rings (SSSR count). The highest BCUT2D eigenvalue weighted by Crippen LogP contribution is 2.36. The highest BCUT2D eigenvalue weighted by atomic mass is 79.9. The molecule has 0 spiro atoms.